The molecule has 0 spiro atoms. The van der Waals surface area contributed by atoms with Gasteiger partial charge in [-0.2, -0.15) is 0 Å². The molecule has 0 saturated heterocycles. The minimum Gasteiger partial charge on any atom is -0.321 e. The highest BCUT2D eigenvalue weighted by Gasteiger charge is 2.22. The van der Waals surface area contributed by atoms with Crippen LogP contribution in [-0.4, -0.2) is 4.90 Å². The average molecular weight is 231 g/mol. The van der Waals surface area contributed by atoms with Crippen LogP contribution in [0.15, 0.2) is 61.1 Å². The van der Waals surface area contributed by atoms with Gasteiger partial charge in [-0.15, -0.1) is 0 Å². The van der Waals surface area contributed by atoms with E-state index in [-0.39, 0.29) is 5.41 Å². The maximum absolute atomic E-state index is 3.86. The van der Waals surface area contributed by atoms with Gasteiger partial charge in [0.05, 0.1) is 0 Å². The Morgan fingerprint density at radius 3 is 2.00 bits per heavy atom. The first kappa shape index (κ1) is 15.5. The minimum atomic E-state index is 0.0466. The molecule has 0 atom stereocenters. The first-order chi connectivity index (χ1) is 7.92. The molecular weight excluding hydrogens is 206 g/mol. The van der Waals surface area contributed by atoms with Crippen LogP contribution in [0.4, 0.5) is 0 Å². The normalized spacial score (nSPS) is 13.9. The van der Waals surface area contributed by atoms with E-state index < -0.39 is 0 Å². The predicted octanol–water partition coefficient (Wildman–Crippen LogP) is 5.03. The molecule has 0 aliphatic rings. The Hall–Kier alpha value is -1.50. The fourth-order valence-corrected chi connectivity index (χ4v) is 1.61. The van der Waals surface area contributed by atoms with Crippen molar-refractivity contribution in [2.75, 3.05) is 0 Å². The van der Waals surface area contributed by atoms with E-state index in [1.54, 1.807) is 0 Å². The maximum Gasteiger partial charge on any atom is 0.0403 e. The molecule has 0 aromatic carbocycles. The zero-order valence-electron chi connectivity index (χ0n) is 11.8. The molecule has 0 saturated carbocycles. The lowest BCUT2D eigenvalue weighted by molar-refractivity contribution is 0.386. The predicted molar refractivity (Wildman–Crippen MR) is 78.3 cm³/mol. The molecule has 0 unspecified atom stereocenters. The summed E-state index contributed by atoms with van der Waals surface area (Å²) in [5.41, 5.74) is 2.31. The third-order valence-electron chi connectivity index (χ3n) is 2.38. The molecule has 0 radical (unpaired) electrons. The quantitative estimate of drug-likeness (QED) is 0.600. The smallest absolute Gasteiger partial charge is 0.0403 e. The number of hydrogen-bond acceptors (Lipinski definition) is 1. The molecular formula is C16H25N. The van der Waals surface area contributed by atoms with Crippen LogP contribution in [-0.2, 0) is 0 Å². The number of allylic oxidation sites excluding steroid dienone is 6. The molecule has 0 fully saturated rings. The molecule has 0 rings (SSSR count). The van der Waals surface area contributed by atoms with E-state index in [2.05, 4.69) is 51.1 Å². The van der Waals surface area contributed by atoms with Crippen LogP contribution < -0.4 is 0 Å². The van der Waals surface area contributed by atoms with Gasteiger partial charge in [0.1, 0.15) is 0 Å². The average Bonchev–Trinajstić information content (AvgIpc) is 2.25. The highest BCUT2D eigenvalue weighted by atomic mass is 15.1. The lowest BCUT2D eigenvalue weighted by Gasteiger charge is -2.33. The van der Waals surface area contributed by atoms with Crippen molar-refractivity contribution in [3.8, 4) is 0 Å². The Bertz CT molecular complexity index is 348. The monoisotopic (exact) mass is 231 g/mol. The van der Waals surface area contributed by atoms with Gasteiger partial charge < -0.3 is 4.90 Å². The van der Waals surface area contributed by atoms with Crippen molar-refractivity contribution < 1.29 is 0 Å². The van der Waals surface area contributed by atoms with Gasteiger partial charge in [0.15, 0.2) is 0 Å². The molecule has 0 bridgehead atoms. The van der Waals surface area contributed by atoms with Crippen LogP contribution in [0, 0.1) is 5.41 Å². The Morgan fingerprint density at radius 2 is 1.71 bits per heavy atom. The third kappa shape index (κ3) is 4.48. The van der Waals surface area contributed by atoms with Crippen molar-refractivity contribution in [2.45, 2.75) is 34.6 Å². The lowest BCUT2D eigenvalue weighted by Crippen LogP contribution is -2.25. The second-order valence-electron chi connectivity index (χ2n) is 4.81. The van der Waals surface area contributed by atoms with E-state index in [1.807, 2.05) is 38.2 Å². The molecule has 1 heteroatoms. The zero-order chi connectivity index (χ0) is 13.5. The van der Waals surface area contributed by atoms with Crippen molar-refractivity contribution in [3.63, 3.8) is 0 Å². The van der Waals surface area contributed by atoms with Gasteiger partial charge >= 0.3 is 0 Å². The standard InChI is InChI=1S/C16H25N/c1-8-12-15(16(5,6)7)17(13-9-2)14(10-3)11-4/h8-13H,1,3H2,2,4-7H3/b13-9-,14-11-,15-12-. The summed E-state index contributed by atoms with van der Waals surface area (Å²) < 4.78 is 0. The second kappa shape index (κ2) is 6.95. The van der Waals surface area contributed by atoms with Crippen molar-refractivity contribution in [2.24, 2.45) is 5.41 Å². The van der Waals surface area contributed by atoms with E-state index in [9.17, 15) is 0 Å². The van der Waals surface area contributed by atoms with Gasteiger partial charge in [0.2, 0.25) is 0 Å². The van der Waals surface area contributed by atoms with Crippen molar-refractivity contribution >= 4 is 0 Å². The van der Waals surface area contributed by atoms with E-state index in [4.69, 9.17) is 0 Å². The molecule has 0 amide bonds. The Morgan fingerprint density at radius 1 is 1.12 bits per heavy atom. The first-order valence-corrected chi connectivity index (χ1v) is 5.96. The summed E-state index contributed by atoms with van der Waals surface area (Å²) in [5.74, 6) is 0. The summed E-state index contributed by atoms with van der Waals surface area (Å²) >= 11 is 0. The molecule has 1 nitrogen and oxygen atoms in total. The highest BCUT2D eigenvalue weighted by Crippen LogP contribution is 2.31. The summed E-state index contributed by atoms with van der Waals surface area (Å²) in [6.07, 6.45) is 11.9. The van der Waals surface area contributed by atoms with Crippen molar-refractivity contribution in [1.29, 1.82) is 0 Å². The van der Waals surface area contributed by atoms with E-state index in [0.29, 0.717) is 0 Å². The summed E-state index contributed by atoms with van der Waals surface area (Å²) in [4.78, 5) is 2.15. The molecule has 94 valence electrons. The van der Waals surface area contributed by atoms with Crippen LogP contribution in [0.1, 0.15) is 34.6 Å². The van der Waals surface area contributed by atoms with Crippen molar-refractivity contribution in [3.05, 3.63) is 61.1 Å². The summed E-state index contributed by atoms with van der Waals surface area (Å²) in [6, 6.07) is 0. The van der Waals surface area contributed by atoms with Gasteiger partial charge in [-0.25, -0.2) is 0 Å². The third-order valence-corrected chi connectivity index (χ3v) is 2.38. The SMILES string of the molecule is C=C/C=C(\N(/C=C\C)/C(C=C)=C\C)C(C)(C)C. The summed E-state index contributed by atoms with van der Waals surface area (Å²) in [7, 11) is 0. The molecule has 0 aliphatic carbocycles. The second-order valence-corrected chi connectivity index (χ2v) is 4.81. The van der Waals surface area contributed by atoms with Crippen molar-refractivity contribution in [1.82, 2.24) is 4.90 Å². The summed E-state index contributed by atoms with van der Waals surface area (Å²) in [6.45, 7) is 18.3. The molecule has 0 aromatic heterocycles. The zero-order valence-corrected chi connectivity index (χ0v) is 11.8. The van der Waals surface area contributed by atoms with E-state index >= 15 is 0 Å². The van der Waals surface area contributed by atoms with E-state index in [1.165, 1.54) is 5.70 Å². The largest absolute Gasteiger partial charge is 0.321 e. The van der Waals surface area contributed by atoms with Crippen LogP contribution in [0.25, 0.3) is 0 Å². The topological polar surface area (TPSA) is 3.24 Å². The molecule has 0 aromatic rings. The number of rotatable bonds is 5. The fraction of sp³-hybridized carbons (Fsp3) is 0.375. The number of hydrogen-bond donors (Lipinski definition) is 0. The molecule has 0 aliphatic heterocycles. The number of nitrogens with zero attached hydrogens (tertiary/aromatic N) is 1. The Kier molecular flexibility index (Phi) is 6.34. The van der Waals surface area contributed by atoms with Crippen LogP contribution in [0.3, 0.4) is 0 Å². The minimum absolute atomic E-state index is 0.0466. The van der Waals surface area contributed by atoms with Crippen LogP contribution in [0.2, 0.25) is 0 Å². The first-order valence-electron chi connectivity index (χ1n) is 5.96. The molecule has 17 heavy (non-hydrogen) atoms. The molecule has 0 N–H and O–H groups in total. The van der Waals surface area contributed by atoms with Gasteiger partial charge in [0.25, 0.3) is 0 Å². The van der Waals surface area contributed by atoms with Gasteiger partial charge in [-0.3, -0.25) is 0 Å². The Labute approximate surface area is 107 Å². The van der Waals surface area contributed by atoms with E-state index in [0.717, 1.165) is 5.70 Å². The summed E-state index contributed by atoms with van der Waals surface area (Å²) in [5, 5.41) is 0. The van der Waals surface area contributed by atoms with Crippen LogP contribution in [0.5, 0.6) is 0 Å². The highest BCUT2D eigenvalue weighted by molar-refractivity contribution is 5.29. The lowest BCUT2D eigenvalue weighted by atomic mass is 9.90. The fourth-order valence-electron chi connectivity index (χ4n) is 1.61. The van der Waals surface area contributed by atoms with Gasteiger partial charge in [-0.1, -0.05) is 52.2 Å². The van der Waals surface area contributed by atoms with Crippen LogP contribution >= 0.6 is 0 Å². The van der Waals surface area contributed by atoms with Gasteiger partial charge in [0, 0.05) is 23.0 Å². The molecule has 0 heterocycles. The Balaban J connectivity index is 5.64. The maximum atomic E-state index is 3.86. The van der Waals surface area contributed by atoms with Gasteiger partial charge in [-0.05, 0) is 26.0 Å².